The Morgan fingerprint density at radius 3 is 2.68 bits per heavy atom. The third-order valence-corrected chi connectivity index (χ3v) is 5.76. The van der Waals surface area contributed by atoms with Gasteiger partial charge in [0.15, 0.2) is 22.5 Å². The van der Waals surface area contributed by atoms with E-state index >= 15 is 0 Å². The molecule has 0 aliphatic carbocycles. The lowest BCUT2D eigenvalue weighted by atomic mass is 10.1. The van der Waals surface area contributed by atoms with Gasteiger partial charge >= 0.3 is 0 Å². The molecule has 1 saturated heterocycles. The van der Waals surface area contributed by atoms with Gasteiger partial charge in [0.2, 0.25) is 0 Å². The number of hydrogen-bond donors (Lipinski definition) is 1. The molecule has 2 heterocycles. The minimum Gasteiger partial charge on any atom is -0.491 e. The minimum absolute atomic E-state index is 0.361. The van der Waals surface area contributed by atoms with Crippen LogP contribution in [0, 0.1) is 11.6 Å². The molecule has 136 valence electrons. The largest absolute Gasteiger partial charge is 0.491 e. The number of hydrogen-bond acceptors (Lipinski definition) is 5. The molecule has 1 aliphatic heterocycles. The Bertz CT molecular complexity index is 727. The second-order valence-corrected chi connectivity index (χ2v) is 7.27. The van der Waals surface area contributed by atoms with Crippen LogP contribution in [-0.4, -0.2) is 36.6 Å². The Balaban J connectivity index is 1.97. The zero-order valence-corrected chi connectivity index (χ0v) is 15.6. The van der Waals surface area contributed by atoms with Crippen molar-refractivity contribution in [3.8, 4) is 17.0 Å². The molecule has 1 unspecified atom stereocenters. The van der Waals surface area contributed by atoms with Crippen LogP contribution in [0.5, 0.6) is 5.75 Å². The molecule has 0 spiro atoms. The first-order valence-electron chi connectivity index (χ1n) is 8.52. The van der Waals surface area contributed by atoms with Crippen molar-refractivity contribution in [3.05, 3.63) is 28.6 Å². The third kappa shape index (κ3) is 3.62. The zero-order valence-electron chi connectivity index (χ0n) is 14.7. The summed E-state index contributed by atoms with van der Waals surface area (Å²) >= 11 is 1.54. The fourth-order valence-corrected chi connectivity index (χ4v) is 4.40. The Kier molecular flexibility index (Phi) is 5.54. The fraction of sp³-hybridized carbons (Fsp3) is 0.500. The van der Waals surface area contributed by atoms with Crippen LogP contribution in [0.15, 0.2) is 12.1 Å². The normalized spacial score (nSPS) is 17.9. The highest BCUT2D eigenvalue weighted by molar-refractivity contribution is 7.16. The van der Waals surface area contributed by atoms with E-state index in [1.54, 1.807) is 7.05 Å². The quantitative estimate of drug-likeness (QED) is 0.815. The maximum atomic E-state index is 14.1. The standard InChI is InChI=1S/C18H23F2N3OS/c1-4-12-6-5-7-23(12)10-15-16(22-18(21-2)25-15)11-8-13(19)17(24-3)14(20)9-11/h8-9,12H,4-7,10H2,1-3H3,(H,21,22). The van der Waals surface area contributed by atoms with Crippen LogP contribution in [0.4, 0.5) is 13.9 Å². The summed E-state index contributed by atoms with van der Waals surface area (Å²) in [6.45, 7) is 4.00. The van der Waals surface area contributed by atoms with Gasteiger partial charge in [0.1, 0.15) is 0 Å². The Labute approximate surface area is 150 Å². The number of benzene rings is 1. The summed E-state index contributed by atoms with van der Waals surface area (Å²) in [5.74, 6) is -1.79. The van der Waals surface area contributed by atoms with Gasteiger partial charge in [0, 0.05) is 30.1 Å². The van der Waals surface area contributed by atoms with E-state index in [4.69, 9.17) is 4.74 Å². The summed E-state index contributed by atoms with van der Waals surface area (Å²) in [6, 6.07) is 3.15. The first-order valence-corrected chi connectivity index (χ1v) is 9.33. The van der Waals surface area contributed by atoms with Crippen LogP contribution in [0.25, 0.3) is 11.3 Å². The highest BCUT2D eigenvalue weighted by Gasteiger charge is 2.26. The second-order valence-electron chi connectivity index (χ2n) is 6.19. The first-order chi connectivity index (χ1) is 12.1. The van der Waals surface area contributed by atoms with Gasteiger partial charge in [-0.1, -0.05) is 6.92 Å². The van der Waals surface area contributed by atoms with E-state index in [1.165, 1.54) is 43.4 Å². The Morgan fingerprint density at radius 2 is 2.08 bits per heavy atom. The molecule has 0 saturated carbocycles. The van der Waals surface area contributed by atoms with Gasteiger partial charge in [-0.15, -0.1) is 11.3 Å². The van der Waals surface area contributed by atoms with Gasteiger partial charge in [-0.25, -0.2) is 13.8 Å². The minimum atomic E-state index is -0.713. The fourth-order valence-electron chi connectivity index (χ4n) is 3.43. The van der Waals surface area contributed by atoms with Crippen molar-refractivity contribution in [2.24, 2.45) is 0 Å². The molecule has 0 bridgehead atoms. The molecule has 1 fully saturated rings. The number of nitrogens with zero attached hydrogens (tertiary/aromatic N) is 2. The van der Waals surface area contributed by atoms with Gasteiger partial charge in [-0.3, -0.25) is 4.90 Å². The van der Waals surface area contributed by atoms with E-state index in [-0.39, 0.29) is 5.75 Å². The molecule has 4 nitrogen and oxygen atoms in total. The van der Waals surface area contributed by atoms with Crippen LogP contribution in [0.1, 0.15) is 31.1 Å². The lowest BCUT2D eigenvalue weighted by Crippen LogP contribution is -2.28. The SMILES string of the molecule is CCC1CCCN1Cc1sc(NC)nc1-c1cc(F)c(OC)c(F)c1. The molecule has 1 atom stereocenters. The summed E-state index contributed by atoms with van der Waals surface area (Å²) in [5.41, 5.74) is 1.08. The van der Waals surface area contributed by atoms with E-state index in [0.717, 1.165) is 29.5 Å². The lowest BCUT2D eigenvalue weighted by Gasteiger charge is -2.22. The van der Waals surface area contributed by atoms with Crippen molar-refractivity contribution in [1.82, 2.24) is 9.88 Å². The maximum absolute atomic E-state index is 14.1. The van der Waals surface area contributed by atoms with Gasteiger partial charge < -0.3 is 10.1 Å². The first kappa shape index (κ1) is 18.1. The second kappa shape index (κ2) is 7.66. The van der Waals surface area contributed by atoms with Crippen LogP contribution in [0.3, 0.4) is 0 Å². The van der Waals surface area contributed by atoms with E-state index in [2.05, 4.69) is 22.1 Å². The average Bonchev–Trinajstić information content (AvgIpc) is 3.21. The number of halogens is 2. The molecule has 1 aliphatic rings. The number of likely N-dealkylation sites (tertiary alicyclic amines) is 1. The molecular weight excluding hydrogens is 344 g/mol. The van der Waals surface area contributed by atoms with E-state index < -0.39 is 11.6 Å². The van der Waals surface area contributed by atoms with Gasteiger partial charge in [0.25, 0.3) is 0 Å². The Hall–Kier alpha value is -1.73. The molecule has 1 N–H and O–H groups in total. The number of ether oxygens (including phenoxy) is 1. The van der Waals surface area contributed by atoms with E-state index in [9.17, 15) is 8.78 Å². The lowest BCUT2D eigenvalue weighted by molar-refractivity contribution is 0.242. The van der Waals surface area contributed by atoms with Crippen molar-refractivity contribution in [1.29, 1.82) is 0 Å². The van der Waals surface area contributed by atoms with E-state index in [0.29, 0.717) is 17.3 Å². The molecule has 25 heavy (non-hydrogen) atoms. The third-order valence-electron chi connectivity index (χ3n) is 4.70. The summed E-state index contributed by atoms with van der Waals surface area (Å²) in [7, 11) is 3.05. The predicted molar refractivity (Wildman–Crippen MR) is 97.3 cm³/mol. The molecule has 0 radical (unpaired) electrons. The molecule has 1 aromatic carbocycles. The smallest absolute Gasteiger partial charge is 0.190 e. The van der Waals surface area contributed by atoms with Crippen LogP contribution in [0.2, 0.25) is 0 Å². The molecule has 7 heteroatoms. The summed E-state index contributed by atoms with van der Waals surface area (Å²) < 4.78 is 33.0. The van der Waals surface area contributed by atoms with Crippen molar-refractivity contribution in [2.75, 3.05) is 26.0 Å². The van der Waals surface area contributed by atoms with Crippen molar-refractivity contribution in [2.45, 2.75) is 38.8 Å². The highest BCUT2D eigenvalue weighted by atomic mass is 32.1. The topological polar surface area (TPSA) is 37.4 Å². The monoisotopic (exact) mass is 367 g/mol. The van der Waals surface area contributed by atoms with Crippen molar-refractivity contribution < 1.29 is 13.5 Å². The summed E-state index contributed by atoms with van der Waals surface area (Å²) in [5, 5.41) is 3.78. The van der Waals surface area contributed by atoms with Gasteiger partial charge in [0.05, 0.1) is 12.8 Å². The molecular formula is C18H23F2N3OS. The van der Waals surface area contributed by atoms with Crippen molar-refractivity contribution >= 4 is 16.5 Å². The number of thiazole rings is 1. The van der Waals surface area contributed by atoms with Crippen molar-refractivity contribution in [3.63, 3.8) is 0 Å². The zero-order chi connectivity index (χ0) is 18.0. The number of anilines is 1. The maximum Gasteiger partial charge on any atom is 0.190 e. The number of aromatic nitrogens is 1. The highest BCUT2D eigenvalue weighted by Crippen LogP contribution is 2.36. The molecule has 3 rings (SSSR count). The van der Waals surface area contributed by atoms with Gasteiger partial charge in [-0.05, 0) is 37.9 Å². The van der Waals surface area contributed by atoms with Gasteiger partial charge in [-0.2, -0.15) is 0 Å². The molecule has 1 aromatic heterocycles. The number of rotatable bonds is 6. The number of nitrogens with one attached hydrogen (secondary N) is 1. The van der Waals surface area contributed by atoms with Crippen LogP contribution in [-0.2, 0) is 6.54 Å². The van der Waals surface area contributed by atoms with Crippen LogP contribution < -0.4 is 10.1 Å². The Morgan fingerprint density at radius 1 is 1.36 bits per heavy atom. The van der Waals surface area contributed by atoms with E-state index in [1.807, 2.05) is 0 Å². The van der Waals surface area contributed by atoms with Crippen LogP contribution >= 0.6 is 11.3 Å². The molecule has 0 amide bonds. The average molecular weight is 367 g/mol. The summed E-state index contributed by atoms with van der Waals surface area (Å²) in [6.07, 6.45) is 3.51. The molecule has 2 aromatic rings. The number of methoxy groups -OCH3 is 1. The predicted octanol–water partition coefficient (Wildman–Crippen LogP) is 4.51. The summed E-state index contributed by atoms with van der Waals surface area (Å²) in [4.78, 5) is 8.00.